The van der Waals surface area contributed by atoms with Crippen molar-refractivity contribution >= 4 is 11.7 Å². The molecule has 1 aromatic heterocycles. The second kappa shape index (κ2) is 4.49. The molecule has 2 unspecified atom stereocenters. The van der Waals surface area contributed by atoms with E-state index < -0.39 is 5.91 Å². The molecule has 1 saturated heterocycles. The van der Waals surface area contributed by atoms with Crippen molar-refractivity contribution in [2.75, 3.05) is 11.9 Å². The molecule has 2 rings (SSSR count). The number of primary amides is 1. The maximum absolute atomic E-state index is 10.9. The number of carbonyl (C=O) groups excluding carboxylic acids is 1. The molecule has 3 N–H and O–H groups in total. The van der Waals surface area contributed by atoms with Gasteiger partial charge in [0.2, 0.25) is 5.91 Å². The average molecular weight is 221 g/mol. The zero-order valence-electron chi connectivity index (χ0n) is 9.14. The van der Waals surface area contributed by atoms with E-state index >= 15 is 0 Å². The molecule has 1 aliphatic heterocycles. The first kappa shape index (κ1) is 10.9. The van der Waals surface area contributed by atoms with E-state index in [0.717, 1.165) is 18.8 Å². The van der Waals surface area contributed by atoms with Crippen LogP contribution in [0, 0.1) is 0 Å². The number of ether oxygens (including phenoxy) is 1. The third-order valence-corrected chi connectivity index (χ3v) is 2.76. The van der Waals surface area contributed by atoms with Gasteiger partial charge in [0, 0.05) is 12.8 Å². The molecule has 16 heavy (non-hydrogen) atoms. The largest absolute Gasteiger partial charge is 0.376 e. The van der Waals surface area contributed by atoms with Gasteiger partial charge >= 0.3 is 0 Å². The molecule has 0 spiro atoms. The second-order valence-corrected chi connectivity index (χ2v) is 3.91. The van der Waals surface area contributed by atoms with Crippen LogP contribution in [0.2, 0.25) is 0 Å². The minimum atomic E-state index is -0.461. The Bertz CT molecular complexity index is 377. The third kappa shape index (κ3) is 2.30. The van der Waals surface area contributed by atoms with Crippen LogP contribution in [-0.2, 0) is 4.74 Å². The number of anilines is 1. The van der Waals surface area contributed by atoms with Crippen molar-refractivity contribution in [3.05, 3.63) is 23.9 Å². The fraction of sp³-hybridized carbons (Fsp3) is 0.455. The van der Waals surface area contributed by atoms with Gasteiger partial charge in [0.1, 0.15) is 5.82 Å². The first-order valence-corrected chi connectivity index (χ1v) is 5.31. The monoisotopic (exact) mass is 221 g/mol. The summed E-state index contributed by atoms with van der Waals surface area (Å²) in [6.45, 7) is 2.81. The Morgan fingerprint density at radius 3 is 2.94 bits per heavy atom. The van der Waals surface area contributed by atoms with E-state index in [1.54, 1.807) is 12.1 Å². The standard InChI is InChI=1S/C11H15N3O2/c1-7-9(4-5-16-7)14-10-3-2-8(6-13-10)11(12)15/h2-3,6-7,9H,4-5H2,1H3,(H2,12,15)(H,13,14). The molecule has 0 saturated carbocycles. The van der Waals surface area contributed by atoms with Crippen LogP contribution in [0.1, 0.15) is 23.7 Å². The number of nitrogens with one attached hydrogen (secondary N) is 1. The summed E-state index contributed by atoms with van der Waals surface area (Å²) in [4.78, 5) is 15.0. The van der Waals surface area contributed by atoms with Crippen molar-refractivity contribution < 1.29 is 9.53 Å². The average Bonchev–Trinajstić information content (AvgIpc) is 2.65. The van der Waals surface area contributed by atoms with Gasteiger partial charge in [0.15, 0.2) is 0 Å². The van der Waals surface area contributed by atoms with Gasteiger partial charge < -0.3 is 15.8 Å². The Morgan fingerprint density at radius 1 is 1.62 bits per heavy atom. The Balaban J connectivity index is 2.02. The van der Waals surface area contributed by atoms with E-state index in [0.29, 0.717) is 5.56 Å². The highest BCUT2D eigenvalue weighted by Gasteiger charge is 2.24. The lowest BCUT2D eigenvalue weighted by Gasteiger charge is -2.16. The first-order chi connectivity index (χ1) is 7.66. The molecule has 2 atom stereocenters. The fourth-order valence-electron chi connectivity index (χ4n) is 1.74. The molecule has 86 valence electrons. The molecule has 1 aliphatic rings. The lowest BCUT2D eigenvalue weighted by molar-refractivity contribution is 0.1000. The van der Waals surface area contributed by atoms with Crippen LogP contribution >= 0.6 is 0 Å². The summed E-state index contributed by atoms with van der Waals surface area (Å²) in [5.74, 6) is 0.281. The molecule has 1 aromatic rings. The van der Waals surface area contributed by atoms with Crippen LogP contribution in [0.5, 0.6) is 0 Å². The SMILES string of the molecule is CC1OCCC1Nc1ccc(C(N)=O)cn1. The maximum Gasteiger partial charge on any atom is 0.250 e. The Hall–Kier alpha value is -1.62. The summed E-state index contributed by atoms with van der Waals surface area (Å²) < 4.78 is 5.44. The second-order valence-electron chi connectivity index (χ2n) is 3.91. The predicted molar refractivity (Wildman–Crippen MR) is 60.2 cm³/mol. The van der Waals surface area contributed by atoms with E-state index in [9.17, 15) is 4.79 Å². The number of nitrogens with zero attached hydrogens (tertiary/aromatic N) is 1. The van der Waals surface area contributed by atoms with E-state index in [1.165, 1.54) is 6.20 Å². The molecular formula is C11H15N3O2. The number of aromatic nitrogens is 1. The molecule has 1 fully saturated rings. The molecule has 0 bridgehead atoms. The van der Waals surface area contributed by atoms with Crippen molar-refractivity contribution in [2.24, 2.45) is 5.73 Å². The van der Waals surface area contributed by atoms with Crippen molar-refractivity contribution in [1.82, 2.24) is 4.98 Å². The van der Waals surface area contributed by atoms with Gasteiger partial charge in [-0.25, -0.2) is 4.98 Å². The van der Waals surface area contributed by atoms with Crippen LogP contribution < -0.4 is 11.1 Å². The van der Waals surface area contributed by atoms with Crippen LogP contribution in [0.25, 0.3) is 0 Å². The number of rotatable bonds is 3. The molecule has 5 nitrogen and oxygen atoms in total. The van der Waals surface area contributed by atoms with Gasteiger partial charge in [0.05, 0.1) is 17.7 Å². The maximum atomic E-state index is 10.9. The summed E-state index contributed by atoms with van der Waals surface area (Å²) in [6, 6.07) is 3.70. The number of amides is 1. The zero-order chi connectivity index (χ0) is 11.5. The van der Waals surface area contributed by atoms with Gasteiger partial charge in [-0.2, -0.15) is 0 Å². The molecule has 0 radical (unpaired) electrons. The Morgan fingerprint density at radius 2 is 2.44 bits per heavy atom. The Kier molecular flexibility index (Phi) is 3.05. The van der Waals surface area contributed by atoms with Crippen molar-refractivity contribution in [2.45, 2.75) is 25.5 Å². The molecule has 1 amide bonds. The minimum absolute atomic E-state index is 0.192. The molecule has 0 aliphatic carbocycles. The zero-order valence-corrected chi connectivity index (χ0v) is 9.14. The Labute approximate surface area is 94.0 Å². The molecular weight excluding hydrogens is 206 g/mol. The van der Waals surface area contributed by atoms with E-state index in [1.807, 2.05) is 6.92 Å². The van der Waals surface area contributed by atoms with Gasteiger partial charge in [-0.05, 0) is 25.5 Å². The van der Waals surface area contributed by atoms with E-state index in [2.05, 4.69) is 10.3 Å². The highest BCUT2D eigenvalue weighted by Crippen LogP contribution is 2.17. The van der Waals surface area contributed by atoms with Crippen LogP contribution in [0.3, 0.4) is 0 Å². The fourth-order valence-corrected chi connectivity index (χ4v) is 1.74. The van der Waals surface area contributed by atoms with Gasteiger partial charge in [-0.3, -0.25) is 4.79 Å². The summed E-state index contributed by atoms with van der Waals surface area (Å²) in [6.07, 6.45) is 2.64. The number of pyridine rings is 1. The quantitative estimate of drug-likeness (QED) is 0.790. The molecule has 5 heteroatoms. The number of carbonyl (C=O) groups is 1. The van der Waals surface area contributed by atoms with Crippen molar-refractivity contribution in [3.63, 3.8) is 0 Å². The lowest BCUT2D eigenvalue weighted by Crippen LogP contribution is -2.27. The predicted octanol–water partition coefficient (Wildman–Crippen LogP) is 0.770. The minimum Gasteiger partial charge on any atom is -0.376 e. The van der Waals surface area contributed by atoms with E-state index in [4.69, 9.17) is 10.5 Å². The number of nitrogens with two attached hydrogens (primary N) is 1. The summed E-state index contributed by atoms with van der Waals surface area (Å²) in [5, 5.41) is 3.27. The van der Waals surface area contributed by atoms with Crippen molar-refractivity contribution in [1.29, 1.82) is 0 Å². The van der Waals surface area contributed by atoms with Gasteiger partial charge in [0.25, 0.3) is 0 Å². The van der Waals surface area contributed by atoms with Crippen LogP contribution in [-0.4, -0.2) is 29.6 Å². The number of hydrogen-bond donors (Lipinski definition) is 2. The molecule has 2 heterocycles. The van der Waals surface area contributed by atoms with Crippen LogP contribution in [0.15, 0.2) is 18.3 Å². The first-order valence-electron chi connectivity index (χ1n) is 5.31. The van der Waals surface area contributed by atoms with E-state index in [-0.39, 0.29) is 12.1 Å². The summed E-state index contributed by atoms with van der Waals surface area (Å²) >= 11 is 0. The third-order valence-electron chi connectivity index (χ3n) is 2.76. The highest BCUT2D eigenvalue weighted by atomic mass is 16.5. The lowest BCUT2D eigenvalue weighted by atomic mass is 10.1. The van der Waals surface area contributed by atoms with Gasteiger partial charge in [-0.15, -0.1) is 0 Å². The summed E-state index contributed by atoms with van der Waals surface area (Å²) in [5.41, 5.74) is 5.55. The normalized spacial score (nSPS) is 24.3. The van der Waals surface area contributed by atoms with Crippen molar-refractivity contribution in [3.8, 4) is 0 Å². The smallest absolute Gasteiger partial charge is 0.250 e. The highest BCUT2D eigenvalue weighted by molar-refractivity contribution is 5.92. The molecule has 0 aromatic carbocycles. The summed E-state index contributed by atoms with van der Waals surface area (Å²) in [7, 11) is 0. The number of hydrogen-bond acceptors (Lipinski definition) is 4. The van der Waals surface area contributed by atoms with Gasteiger partial charge in [-0.1, -0.05) is 0 Å². The van der Waals surface area contributed by atoms with Crippen LogP contribution in [0.4, 0.5) is 5.82 Å². The topological polar surface area (TPSA) is 77.2 Å².